The van der Waals surface area contributed by atoms with Crippen LogP contribution in [-0.4, -0.2) is 52.5 Å². The van der Waals surface area contributed by atoms with Gasteiger partial charge < -0.3 is 15.0 Å². The standard InChI is InChI=1S/C26H27N5O3S/c1-2-34-21-10-17-13-27-12-16(17)9-20(21)30-24-23-19-4-3-15(11-22(19)35-25(23)29-14-28-24)26(33)31-7-5-18(32)6-8-31/h9-10,12,14-15H,2-8,11,13H2,1H3,(H,28,29,30)/t15-/m1/s1. The van der Waals surface area contributed by atoms with Crippen molar-refractivity contribution in [3.8, 4) is 5.75 Å². The number of ether oxygens (including phenoxy) is 1. The minimum atomic E-state index is -0.0336. The van der Waals surface area contributed by atoms with Crippen LogP contribution in [-0.2, 0) is 29.0 Å². The van der Waals surface area contributed by atoms with Crippen molar-refractivity contribution >= 4 is 51.0 Å². The molecule has 0 saturated carbocycles. The van der Waals surface area contributed by atoms with Gasteiger partial charge >= 0.3 is 0 Å². The van der Waals surface area contributed by atoms with Gasteiger partial charge in [0.25, 0.3) is 0 Å². The van der Waals surface area contributed by atoms with Crippen LogP contribution in [0.25, 0.3) is 10.2 Å². The lowest BCUT2D eigenvalue weighted by Gasteiger charge is -2.31. The number of carbonyl (C=O) groups excluding carboxylic acids is 2. The number of thiophene rings is 1. The maximum Gasteiger partial charge on any atom is 0.226 e. The molecule has 0 radical (unpaired) electrons. The van der Waals surface area contributed by atoms with Crippen molar-refractivity contribution in [2.24, 2.45) is 10.9 Å². The van der Waals surface area contributed by atoms with Gasteiger partial charge in [0.1, 0.15) is 28.5 Å². The van der Waals surface area contributed by atoms with Crippen LogP contribution >= 0.6 is 11.3 Å². The van der Waals surface area contributed by atoms with Gasteiger partial charge in [0.2, 0.25) is 5.91 Å². The van der Waals surface area contributed by atoms with Crippen molar-refractivity contribution in [3.63, 3.8) is 0 Å². The minimum absolute atomic E-state index is 0.0336. The summed E-state index contributed by atoms with van der Waals surface area (Å²) in [7, 11) is 0. The molecule has 8 nitrogen and oxygen atoms in total. The molecule has 0 bridgehead atoms. The molecule has 3 aliphatic rings. The Hall–Kier alpha value is -3.33. The van der Waals surface area contributed by atoms with E-state index in [0.717, 1.165) is 57.9 Å². The molecule has 35 heavy (non-hydrogen) atoms. The normalized spacial score (nSPS) is 19.1. The predicted molar refractivity (Wildman–Crippen MR) is 136 cm³/mol. The van der Waals surface area contributed by atoms with Gasteiger partial charge in [-0.3, -0.25) is 14.6 Å². The third-order valence-electron chi connectivity index (χ3n) is 7.11. The topological polar surface area (TPSA) is 96.8 Å². The molecule has 180 valence electrons. The highest BCUT2D eigenvalue weighted by molar-refractivity contribution is 7.19. The lowest BCUT2D eigenvalue weighted by Crippen LogP contribution is -2.43. The molecule has 1 aromatic carbocycles. The number of ketones is 1. The maximum atomic E-state index is 13.1. The van der Waals surface area contributed by atoms with E-state index in [1.54, 1.807) is 17.7 Å². The molecule has 1 saturated heterocycles. The number of anilines is 2. The first-order chi connectivity index (χ1) is 17.1. The number of likely N-dealkylation sites (tertiary alicyclic amines) is 1. The van der Waals surface area contributed by atoms with Gasteiger partial charge in [0.15, 0.2) is 0 Å². The highest BCUT2D eigenvalue weighted by atomic mass is 32.1. The summed E-state index contributed by atoms with van der Waals surface area (Å²) in [6.45, 7) is 4.34. The molecule has 6 rings (SSSR count). The van der Waals surface area contributed by atoms with E-state index in [4.69, 9.17) is 4.74 Å². The van der Waals surface area contributed by atoms with E-state index in [9.17, 15) is 9.59 Å². The first kappa shape index (κ1) is 22.2. The van der Waals surface area contributed by atoms with Gasteiger partial charge in [-0.2, -0.15) is 0 Å². The van der Waals surface area contributed by atoms with Crippen molar-refractivity contribution in [2.75, 3.05) is 25.0 Å². The fourth-order valence-electron chi connectivity index (χ4n) is 5.29. The Kier molecular flexibility index (Phi) is 5.72. The van der Waals surface area contributed by atoms with Crippen molar-refractivity contribution in [2.45, 2.75) is 45.6 Å². The molecule has 1 N–H and O–H groups in total. The van der Waals surface area contributed by atoms with E-state index in [-0.39, 0.29) is 17.6 Å². The van der Waals surface area contributed by atoms with Crippen LogP contribution in [0.1, 0.15) is 47.8 Å². The van der Waals surface area contributed by atoms with E-state index < -0.39 is 0 Å². The van der Waals surface area contributed by atoms with E-state index in [0.29, 0.717) is 39.1 Å². The third-order valence-corrected chi connectivity index (χ3v) is 8.28. The lowest BCUT2D eigenvalue weighted by molar-refractivity contribution is -0.138. The number of rotatable bonds is 5. The van der Waals surface area contributed by atoms with Gasteiger partial charge in [-0.15, -0.1) is 11.3 Å². The van der Waals surface area contributed by atoms with E-state index >= 15 is 0 Å². The van der Waals surface area contributed by atoms with Gasteiger partial charge in [-0.1, -0.05) is 0 Å². The number of hydrogen-bond donors (Lipinski definition) is 1. The molecule has 3 aromatic rings. The number of hydrogen-bond acceptors (Lipinski definition) is 8. The highest BCUT2D eigenvalue weighted by Gasteiger charge is 2.33. The lowest BCUT2D eigenvalue weighted by atomic mass is 9.86. The zero-order valence-corrected chi connectivity index (χ0v) is 20.5. The Morgan fingerprint density at radius 1 is 1.23 bits per heavy atom. The SMILES string of the molecule is CCOc1cc2c(cc1Nc1ncnc3sc4c(c13)CC[C@@H](C(=O)N1CCC(=O)CC1)C4)C=NC2. The average molecular weight is 490 g/mol. The van der Waals surface area contributed by atoms with Crippen molar-refractivity contribution in [1.82, 2.24) is 14.9 Å². The number of benzene rings is 1. The molecule has 0 spiro atoms. The summed E-state index contributed by atoms with van der Waals surface area (Å²) >= 11 is 1.66. The molecular weight excluding hydrogens is 462 g/mol. The Morgan fingerprint density at radius 2 is 2.09 bits per heavy atom. The van der Waals surface area contributed by atoms with E-state index in [2.05, 4.69) is 32.4 Å². The number of aliphatic imine (C=N–C) groups is 1. The van der Waals surface area contributed by atoms with Crippen LogP contribution in [0.3, 0.4) is 0 Å². The zero-order valence-electron chi connectivity index (χ0n) is 19.7. The first-order valence-electron chi connectivity index (χ1n) is 12.2. The second kappa shape index (κ2) is 9.03. The Balaban J connectivity index is 1.29. The largest absolute Gasteiger partial charge is 0.492 e. The second-order valence-corrected chi connectivity index (χ2v) is 10.4. The number of piperidine rings is 1. The second-order valence-electron chi connectivity index (χ2n) is 9.28. The van der Waals surface area contributed by atoms with Gasteiger partial charge in [0.05, 0.1) is 24.2 Å². The van der Waals surface area contributed by atoms with Crippen molar-refractivity contribution in [3.05, 3.63) is 40.0 Å². The minimum Gasteiger partial charge on any atom is -0.492 e. The monoisotopic (exact) mass is 489 g/mol. The van der Waals surface area contributed by atoms with Crippen molar-refractivity contribution < 1.29 is 14.3 Å². The van der Waals surface area contributed by atoms with Crippen LogP contribution in [0.5, 0.6) is 5.75 Å². The maximum absolute atomic E-state index is 13.1. The van der Waals surface area contributed by atoms with E-state index in [1.165, 1.54) is 10.4 Å². The Labute approximate surface area is 207 Å². The van der Waals surface area contributed by atoms with Gasteiger partial charge in [0, 0.05) is 42.9 Å². The number of aromatic nitrogens is 2. The van der Waals surface area contributed by atoms with Gasteiger partial charge in [-0.05, 0) is 55.0 Å². The smallest absolute Gasteiger partial charge is 0.226 e. The number of amides is 1. The molecular formula is C26H27N5O3S. The van der Waals surface area contributed by atoms with Gasteiger partial charge in [-0.25, -0.2) is 9.97 Å². The van der Waals surface area contributed by atoms with Crippen LogP contribution in [0.2, 0.25) is 0 Å². The van der Waals surface area contributed by atoms with Crippen LogP contribution in [0.4, 0.5) is 11.5 Å². The van der Waals surface area contributed by atoms with E-state index in [1.807, 2.05) is 18.0 Å². The Morgan fingerprint density at radius 3 is 2.91 bits per heavy atom. The number of fused-ring (bicyclic) bond motifs is 4. The number of nitrogens with one attached hydrogen (secondary N) is 1. The molecule has 2 aromatic heterocycles. The molecule has 0 unspecified atom stereocenters. The zero-order chi connectivity index (χ0) is 23.9. The van der Waals surface area contributed by atoms with Crippen LogP contribution < -0.4 is 10.1 Å². The molecule has 4 heterocycles. The number of nitrogens with zero attached hydrogens (tertiary/aromatic N) is 4. The third kappa shape index (κ3) is 4.07. The molecule has 1 fully saturated rings. The Bertz CT molecular complexity index is 1350. The summed E-state index contributed by atoms with van der Waals surface area (Å²) in [6, 6.07) is 4.13. The highest BCUT2D eigenvalue weighted by Crippen LogP contribution is 2.42. The number of carbonyl (C=O) groups is 2. The summed E-state index contributed by atoms with van der Waals surface area (Å²) in [5.41, 5.74) is 4.36. The van der Waals surface area contributed by atoms with Crippen LogP contribution in [0, 0.1) is 5.92 Å². The fraction of sp³-hybridized carbons (Fsp3) is 0.423. The molecule has 2 aliphatic heterocycles. The molecule has 1 aliphatic carbocycles. The summed E-state index contributed by atoms with van der Waals surface area (Å²) in [5.74, 6) is 1.96. The predicted octanol–water partition coefficient (Wildman–Crippen LogP) is 4.06. The summed E-state index contributed by atoms with van der Waals surface area (Å²) in [5, 5.41) is 4.56. The first-order valence-corrected chi connectivity index (χ1v) is 13.0. The fourth-order valence-corrected chi connectivity index (χ4v) is 6.56. The molecule has 9 heteroatoms. The molecule has 1 amide bonds. The summed E-state index contributed by atoms with van der Waals surface area (Å²) in [4.78, 5) is 42.3. The number of Topliss-reactive ketones (excluding diaryl/α,β-unsaturated/α-hetero) is 1. The molecule has 1 atom stereocenters. The van der Waals surface area contributed by atoms with Crippen molar-refractivity contribution in [1.29, 1.82) is 0 Å². The quantitative estimate of drug-likeness (QED) is 0.581. The average Bonchev–Trinajstić information content (AvgIpc) is 3.48. The number of aryl methyl sites for hydroxylation is 1. The summed E-state index contributed by atoms with van der Waals surface area (Å²) < 4.78 is 5.92. The van der Waals surface area contributed by atoms with Crippen LogP contribution in [0.15, 0.2) is 23.5 Å². The summed E-state index contributed by atoms with van der Waals surface area (Å²) in [6.07, 6.45) is 6.79.